The van der Waals surface area contributed by atoms with Crippen LogP contribution in [0.1, 0.15) is 13.8 Å². The summed E-state index contributed by atoms with van der Waals surface area (Å²) in [5.74, 6) is 0.00642. The van der Waals surface area contributed by atoms with E-state index in [1.54, 1.807) is 0 Å². The molecule has 0 saturated heterocycles. The number of para-hydroxylation sites is 2. The van der Waals surface area contributed by atoms with Crippen LogP contribution in [0.15, 0.2) is 24.3 Å². The second-order valence-corrected chi connectivity index (χ2v) is 4.70. The highest BCUT2D eigenvalue weighted by Crippen LogP contribution is 2.33. The Morgan fingerprint density at radius 2 is 2.00 bits per heavy atom. The monoisotopic (exact) mass is 247 g/mol. The van der Waals surface area contributed by atoms with Crippen molar-refractivity contribution in [2.75, 3.05) is 36.0 Å². The maximum atomic E-state index is 12.3. The fraction of sp³-hybridized carbons (Fsp3) is 0.500. The predicted octanol–water partition coefficient (Wildman–Crippen LogP) is 1.45. The summed E-state index contributed by atoms with van der Waals surface area (Å²) in [7, 11) is 0. The SMILES string of the molecule is CCN1CCN(C(=O)C(C)CN)c2ccccc21. The van der Waals surface area contributed by atoms with E-state index in [-0.39, 0.29) is 11.8 Å². The highest BCUT2D eigenvalue weighted by molar-refractivity contribution is 5.99. The zero-order chi connectivity index (χ0) is 13.1. The number of carbonyl (C=O) groups excluding carboxylic acids is 1. The lowest BCUT2D eigenvalue weighted by Gasteiger charge is -2.38. The Balaban J connectivity index is 2.33. The number of carbonyl (C=O) groups is 1. The van der Waals surface area contributed by atoms with Crippen LogP contribution in [-0.4, -0.2) is 32.1 Å². The summed E-state index contributed by atoms with van der Waals surface area (Å²) >= 11 is 0. The standard InChI is InChI=1S/C14H21N3O/c1-3-16-8-9-17(14(18)11(2)10-15)13-7-5-4-6-12(13)16/h4-7,11H,3,8-10,15H2,1-2H3. The number of anilines is 2. The van der Waals surface area contributed by atoms with Gasteiger partial charge in [0.1, 0.15) is 0 Å². The molecule has 1 aliphatic heterocycles. The maximum absolute atomic E-state index is 12.3. The fourth-order valence-electron chi connectivity index (χ4n) is 2.35. The van der Waals surface area contributed by atoms with Crippen molar-refractivity contribution in [3.8, 4) is 0 Å². The lowest BCUT2D eigenvalue weighted by Crippen LogP contribution is -2.46. The first kappa shape index (κ1) is 12.9. The summed E-state index contributed by atoms with van der Waals surface area (Å²) in [6, 6.07) is 8.08. The lowest BCUT2D eigenvalue weighted by molar-refractivity contribution is -0.121. The summed E-state index contributed by atoms with van der Waals surface area (Å²) in [6.07, 6.45) is 0. The number of hydrogen-bond acceptors (Lipinski definition) is 3. The van der Waals surface area contributed by atoms with Gasteiger partial charge >= 0.3 is 0 Å². The second kappa shape index (κ2) is 5.40. The Labute approximate surface area is 108 Å². The Morgan fingerprint density at radius 3 is 2.61 bits per heavy atom. The van der Waals surface area contributed by atoms with Crippen LogP contribution in [0.2, 0.25) is 0 Å². The van der Waals surface area contributed by atoms with Crippen LogP contribution in [-0.2, 0) is 4.79 Å². The fourth-order valence-corrected chi connectivity index (χ4v) is 2.35. The van der Waals surface area contributed by atoms with Crippen LogP contribution >= 0.6 is 0 Å². The first-order valence-corrected chi connectivity index (χ1v) is 6.54. The molecule has 1 atom stereocenters. The van der Waals surface area contributed by atoms with E-state index < -0.39 is 0 Å². The van der Waals surface area contributed by atoms with Crippen LogP contribution in [0.4, 0.5) is 11.4 Å². The molecule has 98 valence electrons. The minimum absolute atomic E-state index is 0.119. The van der Waals surface area contributed by atoms with E-state index in [1.165, 1.54) is 0 Å². The van der Waals surface area contributed by atoms with Gasteiger partial charge in [-0.3, -0.25) is 4.79 Å². The van der Waals surface area contributed by atoms with E-state index >= 15 is 0 Å². The third-order valence-electron chi connectivity index (χ3n) is 3.53. The lowest BCUT2D eigenvalue weighted by atomic mass is 10.1. The number of nitrogens with two attached hydrogens (primary N) is 1. The molecule has 1 amide bonds. The molecule has 0 saturated carbocycles. The summed E-state index contributed by atoms with van der Waals surface area (Å²) < 4.78 is 0. The number of fused-ring (bicyclic) bond motifs is 1. The number of likely N-dealkylation sites (N-methyl/N-ethyl adjacent to an activating group) is 1. The largest absolute Gasteiger partial charge is 0.368 e. The quantitative estimate of drug-likeness (QED) is 0.879. The first-order valence-electron chi connectivity index (χ1n) is 6.54. The van der Waals surface area contributed by atoms with Crippen LogP contribution < -0.4 is 15.5 Å². The van der Waals surface area contributed by atoms with E-state index in [2.05, 4.69) is 17.9 Å². The molecule has 0 fully saturated rings. The number of amides is 1. The average molecular weight is 247 g/mol. The van der Waals surface area contributed by atoms with Crippen molar-refractivity contribution in [3.63, 3.8) is 0 Å². The molecule has 0 bridgehead atoms. The predicted molar refractivity (Wildman–Crippen MR) is 74.9 cm³/mol. The van der Waals surface area contributed by atoms with E-state index in [4.69, 9.17) is 5.73 Å². The van der Waals surface area contributed by atoms with Gasteiger partial charge in [0.2, 0.25) is 5.91 Å². The van der Waals surface area contributed by atoms with Gasteiger partial charge in [0.15, 0.2) is 0 Å². The molecular weight excluding hydrogens is 226 g/mol. The van der Waals surface area contributed by atoms with Gasteiger partial charge in [-0.25, -0.2) is 0 Å². The van der Waals surface area contributed by atoms with Crippen LogP contribution in [0.5, 0.6) is 0 Å². The molecule has 1 aliphatic rings. The van der Waals surface area contributed by atoms with Gasteiger partial charge in [-0.1, -0.05) is 19.1 Å². The third-order valence-corrected chi connectivity index (χ3v) is 3.53. The van der Waals surface area contributed by atoms with Gasteiger partial charge in [0.05, 0.1) is 11.4 Å². The van der Waals surface area contributed by atoms with Gasteiger partial charge in [-0.05, 0) is 19.1 Å². The molecule has 2 N–H and O–H groups in total. The van der Waals surface area contributed by atoms with Crippen LogP contribution in [0.25, 0.3) is 0 Å². The van der Waals surface area contributed by atoms with Crippen LogP contribution in [0.3, 0.4) is 0 Å². The number of nitrogens with zero attached hydrogens (tertiary/aromatic N) is 2. The summed E-state index contributed by atoms with van der Waals surface area (Å²) in [4.78, 5) is 16.5. The zero-order valence-electron chi connectivity index (χ0n) is 11.1. The molecule has 1 unspecified atom stereocenters. The number of benzene rings is 1. The molecule has 4 nitrogen and oxygen atoms in total. The van der Waals surface area contributed by atoms with Crippen molar-refractivity contribution in [2.24, 2.45) is 11.7 Å². The minimum atomic E-state index is -0.119. The van der Waals surface area contributed by atoms with E-state index in [1.807, 2.05) is 30.0 Å². The Bertz CT molecular complexity index is 433. The van der Waals surface area contributed by atoms with Gasteiger partial charge in [0.25, 0.3) is 0 Å². The number of rotatable bonds is 3. The summed E-state index contributed by atoms with van der Waals surface area (Å²) in [6.45, 7) is 7.01. The van der Waals surface area contributed by atoms with E-state index in [0.717, 1.165) is 31.0 Å². The van der Waals surface area contributed by atoms with Crippen molar-refractivity contribution < 1.29 is 4.79 Å². The van der Waals surface area contributed by atoms with Crippen molar-refractivity contribution in [3.05, 3.63) is 24.3 Å². The molecule has 1 heterocycles. The normalized spacial score (nSPS) is 16.4. The van der Waals surface area contributed by atoms with Gasteiger partial charge in [0, 0.05) is 32.1 Å². The van der Waals surface area contributed by atoms with Gasteiger partial charge in [-0.15, -0.1) is 0 Å². The Morgan fingerprint density at radius 1 is 1.33 bits per heavy atom. The molecule has 18 heavy (non-hydrogen) atoms. The van der Waals surface area contributed by atoms with Gasteiger partial charge < -0.3 is 15.5 Å². The molecule has 0 radical (unpaired) electrons. The zero-order valence-corrected chi connectivity index (χ0v) is 11.1. The molecule has 1 aromatic rings. The van der Waals surface area contributed by atoms with Crippen molar-refractivity contribution in [1.29, 1.82) is 0 Å². The Hall–Kier alpha value is -1.55. The van der Waals surface area contributed by atoms with E-state index in [9.17, 15) is 4.79 Å². The van der Waals surface area contributed by atoms with Crippen molar-refractivity contribution in [1.82, 2.24) is 0 Å². The summed E-state index contributed by atoms with van der Waals surface area (Å²) in [5.41, 5.74) is 7.75. The molecule has 0 aromatic heterocycles. The summed E-state index contributed by atoms with van der Waals surface area (Å²) in [5, 5.41) is 0. The molecular formula is C14H21N3O. The highest BCUT2D eigenvalue weighted by atomic mass is 16.2. The third kappa shape index (κ3) is 2.20. The van der Waals surface area contributed by atoms with Crippen LogP contribution in [0, 0.1) is 5.92 Å². The highest BCUT2D eigenvalue weighted by Gasteiger charge is 2.27. The molecule has 4 heteroatoms. The molecule has 2 rings (SSSR count). The Kier molecular flexibility index (Phi) is 3.87. The molecule has 1 aromatic carbocycles. The molecule has 0 spiro atoms. The van der Waals surface area contributed by atoms with Crippen molar-refractivity contribution in [2.45, 2.75) is 13.8 Å². The van der Waals surface area contributed by atoms with E-state index in [0.29, 0.717) is 6.54 Å². The molecule has 0 aliphatic carbocycles. The smallest absolute Gasteiger partial charge is 0.231 e. The second-order valence-electron chi connectivity index (χ2n) is 4.70. The maximum Gasteiger partial charge on any atom is 0.231 e. The number of hydrogen-bond donors (Lipinski definition) is 1. The first-order chi connectivity index (χ1) is 8.69. The van der Waals surface area contributed by atoms with Gasteiger partial charge in [-0.2, -0.15) is 0 Å². The van der Waals surface area contributed by atoms with Crippen molar-refractivity contribution >= 4 is 17.3 Å². The topological polar surface area (TPSA) is 49.6 Å². The minimum Gasteiger partial charge on any atom is -0.368 e. The average Bonchev–Trinajstić information content (AvgIpc) is 2.44.